The third kappa shape index (κ3) is 3.38. The van der Waals surface area contributed by atoms with Crippen LogP contribution in [0.1, 0.15) is 16.5 Å². The van der Waals surface area contributed by atoms with Gasteiger partial charge in [0.15, 0.2) is 0 Å². The first-order valence-electron chi connectivity index (χ1n) is 6.54. The molecule has 0 amide bonds. The SMILES string of the molecule is NNC(Cc1sccc1Br)c1ccc2cc(Br)ccc2c1. The van der Waals surface area contributed by atoms with E-state index in [1.807, 2.05) is 0 Å². The van der Waals surface area contributed by atoms with E-state index in [0.717, 1.165) is 15.4 Å². The highest BCUT2D eigenvalue weighted by Crippen LogP contribution is 2.29. The van der Waals surface area contributed by atoms with Crippen molar-refractivity contribution in [1.82, 2.24) is 5.43 Å². The Hall–Kier alpha value is -0.720. The van der Waals surface area contributed by atoms with Crippen molar-refractivity contribution < 1.29 is 0 Å². The first-order chi connectivity index (χ1) is 10.2. The lowest BCUT2D eigenvalue weighted by Gasteiger charge is -2.16. The van der Waals surface area contributed by atoms with E-state index < -0.39 is 0 Å². The highest BCUT2D eigenvalue weighted by Gasteiger charge is 2.14. The molecule has 0 spiro atoms. The van der Waals surface area contributed by atoms with Crippen molar-refractivity contribution in [2.45, 2.75) is 12.5 Å². The van der Waals surface area contributed by atoms with Crippen LogP contribution in [0, 0.1) is 0 Å². The van der Waals surface area contributed by atoms with Gasteiger partial charge >= 0.3 is 0 Å². The van der Waals surface area contributed by atoms with Crippen LogP contribution in [0.4, 0.5) is 0 Å². The number of thiophene rings is 1. The topological polar surface area (TPSA) is 38.0 Å². The number of nitrogens with one attached hydrogen (secondary N) is 1. The molecule has 3 N–H and O–H groups in total. The van der Waals surface area contributed by atoms with Crippen molar-refractivity contribution >= 4 is 54.0 Å². The average Bonchev–Trinajstić information content (AvgIpc) is 2.89. The molecule has 108 valence electrons. The van der Waals surface area contributed by atoms with Crippen molar-refractivity contribution in [3.63, 3.8) is 0 Å². The highest BCUT2D eigenvalue weighted by molar-refractivity contribution is 9.10. The molecule has 3 aromatic rings. The number of hydrazine groups is 1. The van der Waals surface area contributed by atoms with E-state index >= 15 is 0 Å². The fourth-order valence-electron chi connectivity index (χ4n) is 2.38. The molecular weight excluding hydrogens is 412 g/mol. The number of nitrogens with two attached hydrogens (primary N) is 1. The first kappa shape index (κ1) is 15.2. The molecule has 1 heterocycles. The molecular formula is C16H14Br2N2S. The minimum atomic E-state index is 0.105. The second kappa shape index (κ2) is 6.58. The average molecular weight is 426 g/mol. The second-order valence-corrected chi connectivity index (χ2v) is 7.64. The van der Waals surface area contributed by atoms with E-state index in [4.69, 9.17) is 5.84 Å². The van der Waals surface area contributed by atoms with Crippen molar-refractivity contribution in [1.29, 1.82) is 0 Å². The van der Waals surface area contributed by atoms with Crippen LogP contribution < -0.4 is 11.3 Å². The summed E-state index contributed by atoms with van der Waals surface area (Å²) in [6.07, 6.45) is 0.872. The zero-order valence-electron chi connectivity index (χ0n) is 11.1. The summed E-state index contributed by atoms with van der Waals surface area (Å²) in [5.74, 6) is 5.77. The van der Waals surface area contributed by atoms with Gasteiger partial charge in [0, 0.05) is 20.2 Å². The minimum Gasteiger partial charge on any atom is -0.271 e. The van der Waals surface area contributed by atoms with E-state index in [-0.39, 0.29) is 6.04 Å². The molecule has 0 fully saturated rings. The van der Waals surface area contributed by atoms with Crippen LogP contribution in [0.25, 0.3) is 10.8 Å². The Morgan fingerprint density at radius 1 is 1.05 bits per heavy atom. The third-order valence-corrected chi connectivity index (χ3v) is 5.95. The lowest BCUT2D eigenvalue weighted by atomic mass is 10.00. The molecule has 0 aliphatic heterocycles. The Kier molecular flexibility index (Phi) is 4.76. The molecule has 2 aromatic carbocycles. The molecule has 2 nitrogen and oxygen atoms in total. The molecule has 1 unspecified atom stereocenters. The first-order valence-corrected chi connectivity index (χ1v) is 9.01. The summed E-state index contributed by atoms with van der Waals surface area (Å²) in [5, 5.41) is 4.53. The van der Waals surface area contributed by atoms with E-state index in [0.29, 0.717) is 0 Å². The molecule has 1 aromatic heterocycles. The van der Waals surface area contributed by atoms with Crippen LogP contribution in [0.2, 0.25) is 0 Å². The van der Waals surface area contributed by atoms with Crippen LogP contribution in [-0.4, -0.2) is 0 Å². The monoisotopic (exact) mass is 424 g/mol. The van der Waals surface area contributed by atoms with Gasteiger partial charge in [-0.3, -0.25) is 11.3 Å². The zero-order chi connectivity index (χ0) is 14.8. The lowest BCUT2D eigenvalue weighted by Crippen LogP contribution is -2.29. The summed E-state index contributed by atoms with van der Waals surface area (Å²) in [6.45, 7) is 0. The Morgan fingerprint density at radius 2 is 1.81 bits per heavy atom. The second-order valence-electron chi connectivity index (χ2n) is 4.87. The molecule has 3 rings (SSSR count). The van der Waals surface area contributed by atoms with E-state index in [9.17, 15) is 0 Å². The molecule has 0 radical (unpaired) electrons. The zero-order valence-corrected chi connectivity index (χ0v) is 15.1. The van der Waals surface area contributed by atoms with E-state index in [2.05, 4.69) is 85.1 Å². The van der Waals surface area contributed by atoms with E-state index in [1.54, 1.807) is 11.3 Å². The normalized spacial score (nSPS) is 12.7. The van der Waals surface area contributed by atoms with Crippen LogP contribution in [-0.2, 0) is 6.42 Å². The number of rotatable bonds is 4. The quantitative estimate of drug-likeness (QED) is 0.446. The summed E-state index contributed by atoms with van der Waals surface area (Å²) < 4.78 is 2.25. The number of hydrogen-bond acceptors (Lipinski definition) is 3. The van der Waals surface area contributed by atoms with Crippen LogP contribution in [0.3, 0.4) is 0 Å². The van der Waals surface area contributed by atoms with Crippen LogP contribution in [0.15, 0.2) is 56.8 Å². The van der Waals surface area contributed by atoms with Crippen molar-refractivity contribution in [3.05, 3.63) is 67.2 Å². The van der Waals surface area contributed by atoms with Crippen molar-refractivity contribution in [2.75, 3.05) is 0 Å². The van der Waals surface area contributed by atoms with Crippen molar-refractivity contribution in [3.8, 4) is 0 Å². The highest BCUT2D eigenvalue weighted by atomic mass is 79.9. The summed E-state index contributed by atoms with van der Waals surface area (Å²) in [5.41, 5.74) is 4.14. The Balaban J connectivity index is 1.93. The van der Waals surface area contributed by atoms with Crippen LogP contribution >= 0.6 is 43.2 Å². The smallest absolute Gasteiger partial charge is 0.0508 e. The van der Waals surface area contributed by atoms with Gasteiger partial charge in [-0.05, 0) is 61.9 Å². The number of halogens is 2. The minimum absolute atomic E-state index is 0.105. The fraction of sp³-hybridized carbons (Fsp3) is 0.125. The van der Waals surface area contributed by atoms with Gasteiger partial charge in [0.2, 0.25) is 0 Å². The standard InChI is InChI=1S/C16H14Br2N2S/c17-13-4-3-10-7-12(2-1-11(10)8-13)15(20-19)9-16-14(18)5-6-21-16/h1-8,15,20H,9,19H2. The summed E-state index contributed by atoms with van der Waals surface area (Å²) in [4.78, 5) is 1.30. The number of fused-ring (bicyclic) bond motifs is 1. The van der Waals surface area contributed by atoms with E-state index in [1.165, 1.54) is 21.2 Å². The third-order valence-electron chi connectivity index (χ3n) is 3.51. The predicted octanol–water partition coefficient (Wildman–Crippen LogP) is 5.17. The van der Waals surface area contributed by atoms with Gasteiger partial charge in [-0.25, -0.2) is 0 Å². The molecule has 0 saturated heterocycles. The Morgan fingerprint density at radius 3 is 2.52 bits per heavy atom. The van der Waals surface area contributed by atoms with Gasteiger partial charge in [0.1, 0.15) is 0 Å². The summed E-state index contributed by atoms with van der Waals surface area (Å²) in [6, 6.07) is 15.0. The molecule has 0 saturated carbocycles. The van der Waals surface area contributed by atoms with Gasteiger partial charge in [0.25, 0.3) is 0 Å². The van der Waals surface area contributed by atoms with Gasteiger partial charge < -0.3 is 0 Å². The van der Waals surface area contributed by atoms with Crippen LogP contribution in [0.5, 0.6) is 0 Å². The summed E-state index contributed by atoms with van der Waals surface area (Å²) in [7, 11) is 0. The van der Waals surface area contributed by atoms with Gasteiger partial charge in [-0.2, -0.15) is 0 Å². The molecule has 0 bridgehead atoms. The fourth-order valence-corrected chi connectivity index (χ4v) is 4.32. The van der Waals surface area contributed by atoms with Gasteiger partial charge in [-0.1, -0.05) is 34.1 Å². The van der Waals surface area contributed by atoms with Gasteiger partial charge in [0.05, 0.1) is 6.04 Å². The maximum Gasteiger partial charge on any atom is 0.0508 e. The maximum atomic E-state index is 5.77. The number of benzene rings is 2. The predicted molar refractivity (Wildman–Crippen MR) is 97.4 cm³/mol. The molecule has 0 aliphatic carbocycles. The van der Waals surface area contributed by atoms with Crippen molar-refractivity contribution in [2.24, 2.45) is 5.84 Å². The largest absolute Gasteiger partial charge is 0.271 e. The Bertz CT molecular complexity index is 770. The van der Waals surface area contributed by atoms with Gasteiger partial charge in [-0.15, -0.1) is 11.3 Å². The number of hydrogen-bond donors (Lipinski definition) is 2. The molecule has 0 aliphatic rings. The molecule has 21 heavy (non-hydrogen) atoms. The lowest BCUT2D eigenvalue weighted by molar-refractivity contribution is 0.555. The Labute approximate surface area is 144 Å². The maximum absolute atomic E-state index is 5.77. The molecule has 1 atom stereocenters. The summed E-state index contributed by atoms with van der Waals surface area (Å²) >= 11 is 8.83. The molecule has 5 heteroatoms.